The molecule has 1 aromatic carbocycles. The molecular formula is C12H16ClF3N2. The predicted molar refractivity (Wildman–Crippen MR) is 67.5 cm³/mol. The minimum atomic E-state index is -4.05. The summed E-state index contributed by atoms with van der Waals surface area (Å²) >= 11 is 5.85. The maximum atomic E-state index is 11.9. The van der Waals surface area contributed by atoms with E-state index in [2.05, 4.69) is 5.32 Å². The fourth-order valence-corrected chi connectivity index (χ4v) is 1.69. The molecule has 0 spiro atoms. The van der Waals surface area contributed by atoms with E-state index in [1.54, 1.807) is 12.1 Å². The molecule has 1 aromatic rings. The van der Waals surface area contributed by atoms with Crippen LogP contribution in [0, 0.1) is 0 Å². The number of anilines is 1. The number of nitrogen functional groups attached to an aromatic ring is 1. The molecule has 1 rings (SSSR count). The van der Waals surface area contributed by atoms with Gasteiger partial charge in [-0.05, 0) is 37.1 Å². The summed E-state index contributed by atoms with van der Waals surface area (Å²) in [5.74, 6) is 0. The Morgan fingerprint density at radius 1 is 1.22 bits per heavy atom. The molecule has 3 N–H and O–H groups in total. The zero-order valence-corrected chi connectivity index (χ0v) is 10.6. The summed E-state index contributed by atoms with van der Waals surface area (Å²) in [6.45, 7) is 1.13. The zero-order chi connectivity index (χ0) is 13.6. The summed E-state index contributed by atoms with van der Waals surface area (Å²) in [6, 6.07) is 5.30. The molecule has 0 radical (unpaired) electrons. The molecule has 0 aliphatic rings. The van der Waals surface area contributed by atoms with Crippen LogP contribution >= 0.6 is 11.6 Å². The van der Waals surface area contributed by atoms with Gasteiger partial charge in [0.2, 0.25) is 0 Å². The molecule has 0 amide bonds. The van der Waals surface area contributed by atoms with Crippen LogP contribution in [0.1, 0.15) is 24.8 Å². The molecular weight excluding hydrogens is 265 g/mol. The molecule has 0 bridgehead atoms. The minimum Gasteiger partial charge on any atom is -0.398 e. The number of unbranched alkanes of at least 4 members (excludes halogenated alkanes) is 1. The Hall–Kier alpha value is -0.940. The highest BCUT2D eigenvalue weighted by Crippen LogP contribution is 2.22. The second kappa shape index (κ2) is 6.85. The van der Waals surface area contributed by atoms with Gasteiger partial charge < -0.3 is 11.1 Å². The van der Waals surface area contributed by atoms with Crippen molar-refractivity contribution in [1.29, 1.82) is 0 Å². The number of benzene rings is 1. The Bertz CT molecular complexity index is 380. The minimum absolute atomic E-state index is 0.152. The van der Waals surface area contributed by atoms with Crippen molar-refractivity contribution in [2.45, 2.75) is 32.0 Å². The first-order valence-corrected chi connectivity index (χ1v) is 6.07. The van der Waals surface area contributed by atoms with Gasteiger partial charge in [-0.15, -0.1) is 0 Å². The Balaban J connectivity index is 2.16. The monoisotopic (exact) mass is 280 g/mol. The van der Waals surface area contributed by atoms with Crippen molar-refractivity contribution in [3.63, 3.8) is 0 Å². The Labute approximate surface area is 109 Å². The largest absolute Gasteiger partial charge is 0.398 e. The second-order valence-electron chi connectivity index (χ2n) is 4.10. The van der Waals surface area contributed by atoms with Crippen LogP contribution < -0.4 is 11.1 Å². The lowest BCUT2D eigenvalue weighted by atomic mass is 10.2. The van der Waals surface area contributed by atoms with Crippen LogP contribution in [-0.2, 0) is 6.54 Å². The van der Waals surface area contributed by atoms with Crippen molar-refractivity contribution < 1.29 is 13.2 Å². The van der Waals surface area contributed by atoms with E-state index in [0.717, 1.165) is 5.56 Å². The smallest absolute Gasteiger partial charge is 0.389 e. The number of nitrogens with one attached hydrogen (secondary N) is 1. The van der Waals surface area contributed by atoms with Crippen molar-refractivity contribution >= 4 is 17.3 Å². The molecule has 0 atom stereocenters. The first-order valence-electron chi connectivity index (χ1n) is 5.70. The summed E-state index contributed by atoms with van der Waals surface area (Å²) in [4.78, 5) is 0. The van der Waals surface area contributed by atoms with E-state index in [9.17, 15) is 13.2 Å². The molecule has 0 aliphatic heterocycles. The Morgan fingerprint density at radius 2 is 1.94 bits per heavy atom. The number of hydrogen-bond acceptors (Lipinski definition) is 2. The lowest BCUT2D eigenvalue weighted by Crippen LogP contribution is -2.16. The van der Waals surface area contributed by atoms with Crippen molar-refractivity contribution in [2.75, 3.05) is 12.3 Å². The number of hydrogen-bond donors (Lipinski definition) is 2. The average molecular weight is 281 g/mol. The van der Waals surface area contributed by atoms with Crippen molar-refractivity contribution in [1.82, 2.24) is 5.32 Å². The van der Waals surface area contributed by atoms with Gasteiger partial charge in [0.15, 0.2) is 0 Å². The van der Waals surface area contributed by atoms with Gasteiger partial charge in [-0.1, -0.05) is 17.7 Å². The van der Waals surface area contributed by atoms with Crippen LogP contribution in [-0.4, -0.2) is 12.7 Å². The molecule has 102 valence electrons. The summed E-state index contributed by atoms with van der Waals surface area (Å²) < 4.78 is 35.6. The van der Waals surface area contributed by atoms with Crippen LogP contribution in [0.5, 0.6) is 0 Å². The number of nitrogens with two attached hydrogens (primary N) is 1. The van der Waals surface area contributed by atoms with Gasteiger partial charge in [0, 0.05) is 13.0 Å². The third kappa shape index (κ3) is 6.12. The van der Waals surface area contributed by atoms with Gasteiger partial charge in [-0.2, -0.15) is 13.2 Å². The molecule has 0 aromatic heterocycles. The molecule has 0 fully saturated rings. The topological polar surface area (TPSA) is 38.0 Å². The Morgan fingerprint density at radius 3 is 2.56 bits per heavy atom. The molecule has 0 heterocycles. The number of rotatable bonds is 6. The second-order valence-corrected chi connectivity index (χ2v) is 4.51. The van der Waals surface area contributed by atoms with Crippen LogP contribution in [0.4, 0.5) is 18.9 Å². The average Bonchev–Trinajstić information content (AvgIpc) is 2.26. The van der Waals surface area contributed by atoms with E-state index >= 15 is 0 Å². The maximum Gasteiger partial charge on any atom is 0.389 e. The number of alkyl halides is 3. The van der Waals surface area contributed by atoms with Crippen molar-refractivity contribution in [3.8, 4) is 0 Å². The van der Waals surface area contributed by atoms with Gasteiger partial charge in [-0.25, -0.2) is 0 Å². The van der Waals surface area contributed by atoms with Gasteiger partial charge >= 0.3 is 6.18 Å². The summed E-state index contributed by atoms with van der Waals surface area (Å²) in [5.41, 5.74) is 7.05. The van der Waals surface area contributed by atoms with E-state index < -0.39 is 12.6 Å². The maximum absolute atomic E-state index is 11.9. The molecule has 6 heteroatoms. The summed E-state index contributed by atoms with van der Waals surface area (Å²) in [5, 5.41) is 3.56. The molecule has 0 saturated heterocycles. The van der Waals surface area contributed by atoms with E-state index in [0.29, 0.717) is 30.2 Å². The van der Waals surface area contributed by atoms with Crippen LogP contribution in [0.3, 0.4) is 0 Å². The highest BCUT2D eigenvalue weighted by molar-refractivity contribution is 6.33. The normalized spacial score (nSPS) is 11.8. The lowest BCUT2D eigenvalue weighted by Gasteiger charge is -2.08. The van der Waals surface area contributed by atoms with Crippen LogP contribution in [0.15, 0.2) is 18.2 Å². The molecule has 0 aliphatic carbocycles. The fourth-order valence-electron chi connectivity index (χ4n) is 1.49. The summed E-state index contributed by atoms with van der Waals surface area (Å²) in [7, 11) is 0. The van der Waals surface area contributed by atoms with E-state index in [4.69, 9.17) is 17.3 Å². The Kier molecular flexibility index (Phi) is 5.75. The molecule has 0 saturated carbocycles. The molecule has 18 heavy (non-hydrogen) atoms. The molecule has 2 nitrogen and oxygen atoms in total. The highest BCUT2D eigenvalue weighted by atomic mass is 35.5. The SMILES string of the molecule is Nc1ccc(CNCCCCC(F)(F)F)cc1Cl. The first kappa shape index (κ1) is 15.1. The van der Waals surface area contributed by atoms with Gasteiger partial charge in [0.05, 0.1) is 10.7 Å². The van der Waals surface area contributed by atoms with E-state index in [1.807, 2.05) is 6.07 Å². The standard InChI is InChI=1S/C12H16ClF3N2/c13-10-7-9(3-4-11(10)17)8-18-6-2-1-5-12(14,15)16/h3-4,7,18H,1-2,5-6,8,17H2. The van der Waals surface area contributed by atoms with Crippen molar-refractivity contribution in [2.24, 2.45) is 0 Å². The fraction of sp³-hybridized carbons (Fsp3) is 0.500. The van der Waals surface area contributed by atoms with E-state index in [-0.39, 0.29) is 6.42 Å². The lowest BCUT2D eigenvalue weighted by molar-refractivity contribution is -0.135. The zero-order valence-electron chi connectivity index (χ0n) is 9.86. The van der Waals surface area contributed by atoms with Crippen molar-refractivity contribution in [3.05, 3.63) is 28.8 Å². The highest BCUT2D eigenvalue weighted by Gasteiger charge is 2.25. The third-order valence-electron chi connectivity index (χ3n) is 2.46. The third-order valence-corrected chi connectivity index (χ3v) is 2.79. The van der Waals surface area contributed by atoms with Gasteiger partial charge in [0.1, 0.15) is 0 Å². The van der Waals surface area contributed by atoms with E-state index in [1.165, 1.54) is 0 Å². The quantitative estimate of drug-likeness (QED) is 0.615. The van der Waals surface area contributed by atoms with Crippen LogP contribution in [0.25, 0.3) is 0 Å². The summed E-state index contributed by atoms with van der Waals surface area (Å²) in [6.07, 6.45) is -4.12. The van der Waals surface area contributed by atoms with Gasteiger partial charge in [-0.3, -0.25) is 0 Å². The molecule has 0 unspecified atom stereocenters. The van der Waals surface area contributed by atoms with Crippen LogP contribution in [0.2, 0.25) is 5.02 Å². The van der Waals surface area contributed by atoms with Gasteiger partial charge in [0.25, 0.3) is 0 Å². The predicted octanol–water partition coefficient (Wildman–Crippen LogP) is 3.74. The first-order chi connectivity index (χ1) is 8.38. The number of halogens is 4.